The average molecular weight is 330 g/mol. The van der Waals surface area contributed by atoms with E-state index in [9.17, 15) is 18.0 Å². The summed E-state index contributed by atoms with van der Waals surface area (Å²) in [5.41, 5.74) is -0.311. The number of ketones is 1. The molecule has 1 aromatic rings. The van der Waals surface area contributed by atoms with Gasteiger partial charge in [0.15, 0.2) is 5.78 Å². The van der Waals surface area contributed by atoms with Gasteiger partial charge in [-0.3, -0.25) is 4.79 Å². The number of Topliss-reactive ketones (excluding diaryl/α,β-unsaturated/α-hetero) is 1. The van der Waals surface area contributed by atoms with E-state index in [-0.39, 0.29) is 23.2 Å². The Bertz CT molecular complexity index is 418. The molecule has 0 unspecified atom stereocenters. The summed E-state index contributed by atoms with van der Waals surface area (Å²) in [7, 11) is 0. The van der Waals surface area contributed by atoms with Crippen LogP contribution in [0.5, 0.6) is 0 Å². The van der Waals surface area contributed by atoms with Crippen LogP contribution in [-0.2, 0) is 22.7 Å². The van der Waals surface area contributed by atoms with E-state index < -0.39 is 17.5 Å². The lowest BCUT2D eigenvalue weighted by molar-refractivity contribution is -0.138. The molecule has 0 fully saturated rings. The number of hydrogen-bond donors (Lipinski definition) is 0. The molecule has 0 saturated heterocycles. The van der Waals surface area contributed by atoms with Gasteiger partial charge in [0.25, 0.3) is 0 Å². The topological polar surface area (TPSA) is 17.1 Å². The quantitative estimate of drug-likeness (QED) is 0.765. The Kier molecular flexibility index (Phi) is 5.01. The van der Waals surface area contributed by atoms with Crippen molar-refractivity contribution in [2.24, 2.45) is 0 Å². The lowest BCUT2D eigenvalue weighted by atomic mass is 9.97. The molecule has 0 aliphatic rings. The number of halogens is 5. The monoisotopic (exact) mass is 328 g/mol. The second-order valence-corrected chi connectivity index (χ2v) is 4.25. The highest BCUT2D eigenvalue weighted by Crippen LogP contribution is 2.34. The summed E-state index contributed by atoms with van der Waals surface area (Å²) >= 11 is 8.43. The smallest absolute Gasteiger partial charge is 0.298 e. The first-order valence-electron chi connectivity index (χ1n) is 4.71. The third-order valence-electron chi connectivity index (χ3n) is 2.25. The summed E-state index contributed by atoms with van der Waals surface area (Å²) in [6, 6.07) is 3.86. The Labute approximate surface area is 110 Å². The van der Waals surface area contributed by atoms with Crippen molar-refractivity contribution < 1.29 is 18.0 Å². The Hall–Kier alpha value is -0.550. The van der Waals surface area contributed by atoms with Gasteiger partial charge in [-0.05, 0) is 17.2 Å². The maximum atomic E-state index is 12.8. The molecule has 0 radical (unpaired) electrons. The van der Waals surface area contributed by atoms with Gasteiger partial charge in [-0.15, -0.1) is 11.6 Å². The summed E-state index contributed by atoms with van der Waals surface area (Å²) in [5.74, 6) is -0.709. The zero-order chi connectivity index (χ0) is 13.1. The third-order valence-corrected chi connectivity index (χ3v) is 3.15. The first-order valence-corrected chi connectivity index (χ1v) is 6.37. The lowest BCUT2D eigenvalue weighted by Crippen LogP contribution is -2.15. The van der Waals surface area contributed by atoms with Gasteiger partial charge in [0.2, 0.25) is 0 Å². The van der Waals surface area contributed by atoms with Crippen molar-refractivity contribution in [1.29, 1.82) is 0 Å². The van der Waals surface area contributed by atoms with Gasteiger partial charge in [0, 0.05) is 11.8 Å². The van der Waals surface area contributed by atoms with Gasteiger partial charge in [-0.25, -0.2) is 0 Å². The van der Waals surface area contributed by atoms with Crippen molar-refractivity contribution >= 4 is 33.3 Å². The zero-order valence-corrected chi connectivity index (χ0v) is 11.0. The van der Waals surface area contributed by atoms with Crippen molar-refractivity contribution in [3.05, 3.63) is 34.9 Å². The molecular weight excluding hydrogens is 320 g/mol. The molecular formula is C11H9BrClF3O. The van der Waals surface area contributed by atoms with E-state index in [0.717, 1.165) is 6.07 Å². The average Bonchev–Trinajstić information content (AvgIpc) is 2.27. The van der Waals surface area contributed by atoms with Gasteiger partial charge in [0.05, 0.1) is 11.4 Å². The standard InChI is InChI=1S/C11H9BrClF3O/c12-5-7-2-1-3-10(11(14,15)16)9(7)4-8(17)6-13/h1-3H,4-6H2. The van der Waals surface area contributed by atoms with Crippen LogP contribution >= 0.6 is 27.5 Å². The fourth-order valence-electron chi connectivity index (χ4n) is 1.48. The van der Waals surface area contributed by atoms with Crippen LogP contribution in [0.25, 0.3) is 0 Å². The van der Waals surface area contributed by atoms with Crippen molar-refractivity contribution in [1.82, 2.24) is 0 Å². The molecule has 1 nitrogen and oxygen atoms in total. The highest BCUT2D eigenvalue weighted by Gasteiger charge is 2.34. The van der Waals surface area contributed by atoms with Crippen LogP contribution in [0.4, 0.5) is 13.2 Å². The summed E-state index contributed by atoms with van der Waals surface area (Å²) in [6.45, 7) is 0. The molecule has 17 heavy (non-hydrogen) atoms. The van der Waals surface area contributed by atoms with Crippen LogP contribution < -0.4 is 0 Å². The van der Waals surface area contributed by atoms with E-state index >= 15 is 0 Å². The SMILES string of the molecule is O=C(CCl)Cc1c(CBr)cccc1C(F)(F)F. The number of benzene rings is 1. The predicted molar refractivity (Wildman–Crippen MR) is 63.5 cm³/mol. The maximum absolute atomic E-state index is 12.8. The van der Waals surface area contributed by atoms with E-state index in [2.05, 4.69) is 15.9 Å². The van der Waals surface area contributed by atoms with Crippen LogP contribution in [-0.4, -0.2) is 11.7 Å². The van der Waals surface area contributed by atoms with Crippen molar-refractivity contribution in [2.75, 3.05) is 5.88 Å². The second kappa shape index (κ2) is 5.87. The summed E-state index contributed by atoms with van der Waals surface area (Å²) in [5, 5.41) is 0.266. The molecule has 6 heteroatoms. The highest BCUT2D eigenvalue weighted by atomic mass is 79.9. The second-order valence-electron chi connectivity index (χ2n) is 3.42. The van der Waals surface area contributed by atoms with E-state index in [4.69, 9.17) is 11.6 Å². The summed E-state index contributed by atoms with van der Waals surface area (Å²) in [4.78, 5) is 11.2. The lowest BCUT2D eigenvalue weighted by Gasteiger charge is -2.15. The third kappa shape index (κ3) is 3.71. The molecule has 0 bridgehead atoms. The molecule has 0 aliphatic carbocycles. The van der Waals surface area contributed by atoms with Gasteiger partial charge in [-0.2, -0.15) is 13.2 Å². The molecule has 0 aliphatic heterocycles. The minimum absolute atomic E-state index is 0.00234. The predicted octanol–water partition coefficient (Wildman–Crippen LogP) is 3.95. The Morgan fingerprint density at radius 2 is 2.00 bits per heavy atom. The molecule has 0 N–H and O–H groups in total. The van der Waals surface area contributed by atoms with E-state index in [1.807, 2.05) is 0 Å². The highest BCUT2D eigenvalue weighted by molar-refractivity contribution is 9.08. The minimum atomic E-state index is -4.46. The molecule has 1 rings (SSSR count). The molecule has 0 heterocycles. The van der Waals surface area contributed by atoms with E-state index in [0.29, 0.717) is 5.56 Å². The first kappa shape index (κ1) is 14.5. The first-order chi connectivity index (χ1) is 7.90. The van der Waals surface area contributed by atoms with Crippen LogP contribution in [0.3, 0.4) is 0 Å². The van der Waals surface area contributed by atoms with Crippen LogP contribution in [0, 0.1) is 0 Å². The van der Waals surface area contributed by atoms with Crippen LogP contribution in [0.2, 0.25) is 0 Å². The van der Waals surface area contributed by atoms with E-state index in [1.54, 1.807) is 6.07 Å². The molecule has 1 aromatic carbocycles. The molecule has 94 valence electrons. The Morgan fingerprint density at radius 3 is 2.47 bits per heavy atom. The number of carbonyl (C=O) groups excluding carboxylic acids is 1. The fraction of sp³-hybridized carbons (Fsp3) is 0.364. The number of rotatable bonds is 4. The molecule has 0 saturated carbocycles. The number of hydrogen-bond acceptors (Lipinski definition) is 1. The number of alkyl halides is 5. The van der Waals surface area contributed by atoms with Crippen molar-refractivity contribution in [3.63, 3.8) is 0 Å². The fourth-order valence-corrected chi connectivity index (χ4v) is 2.10. The van der Waals surface area contributed by atoms with Gasteiger partial charge in [-0.1, -0.05) is 28.1 Å². The van der Waals surface area contributed by atoms with Gasteiger partial charge in [0.1, 0.15) is 0 Å². The maximum Gasteiger partial charge on any atom is 0.416 e. The minimum Gasteiger partial charge on any atom is -0.298 e. The Morgan fingerprint density at radius 1 is 1.35 bits per heavy atom. The van der Waals surface area contributed by atoms with Crippen LogP contribution in [0.15, 0.2) is 18.2 Å². The molecule has 0 spiro atoms. The zero-order valence-electron chi connectivity index (χ0n) is 8.65. The normalized spacial score (nSPS) is 11.6. The van der Waals surface area contributed by atoms with Gasteiger partial charge >= 0.3 is 6.18 Å². The number of carbonyl (C=O) groups is 1. The Balaban J connectivity index is 3.26. The van der Waals surface area contributed by atoms with E-state index in [1.165, 1.54) is 6.07 Å². The molecule has 0 atom stereocenters. The van der Waals surface area contributed by atoms with Crippen LogP contribution in [0.1, 0.15) is 16.7 Å². The van der Waals surface area contributed by atoms with Crippen molar-refractivity contribution in [3.8, 4) is 0 Å². The van der Waals surface area contributed by atoms with Gasteiger partial charge < -0.3 is 0 Å². The van der Waals surface area contributed by atoms with Crippen molar-refractivity contribution in [2.45, 2.75) is 17.9 Å². The molecule has 0 aromatic heterocycles. The largest absolute Gasteiger partial charge is 0.416 e. The summed E-state index contributed by atoms with van der Waals surface area (Å²) in [6.07, 6.45) is -4.75. The summed E-state index contributed by atoms with van der Waals surface area (Å²) < 4.78 is 38.3. The molecule has 0 amide bonds.